The highest BCUT2D eigenvalue weighted by Gasteiger charge is 2.16. The predicted octanol–water partition coefficient (Wildman–Crippen LogP) is 6.35. The third-order valence-corrected chi connectivity index (χ3v) is 5.57. The zero-order chi connectivity index (χ0) is 17.8. The molecule has 1 aromatic rings. The number of aryl methyl sites for hydroxylation is 1. The van der Waals surface area contributed by atoms with Gasteiger partial charge in [-0.15, -0.1) is 0 Å². The maximum absolute atomic E-state index is 12.5. The van der Waals surface area contributed by atoms with E-state index in [-0.39, 0.29) is 5.78 Å². The average molecular weight is 367 g/mol. The van der Waals surface area contributed by atoms with Crippen molar-refractivity contribution in [2.24, 2.45) is 0 Å². The molecule has 0 aliphatic heterocycles. The molecule has 0 amide bonds. The van der Waals surface area contributed by atoms with Gasteiger partial charge in [-0.25, -0.2) is 0 Å². The van der Waals surface area contributed by atoms with Crippen molar-refractivity contribution in [2.75, 3.05) is 6.61 Å². The zero-order valence-corrected chi connectivity index (χ0v) is 16.8. The van der Waals surface area contributed by atoms with E-state index < -0.39 is 0 Å². The third kappa shape index (κ3) is 8.29. The number of carbonyl (C=O) groups excluding carboxylic acids is 1. The van der Waals surface area contributed by atoms with E-state index in [1.807, 2.05) is 38.1 Å². The molecule has 1 unspecified atom stereocenters. The third-order valence-electron chi connectivity index (χ3n) is 4.04. The Morgan fingerprint density at radius 3 is 2.58 bits per heavy atom. The molecule has 1 atom stereocenters. The molecule has 0 fully saturated rings. The normalized spacial score (nSPS) is 12.0. The summed E-state index contributed by atoms with van der Waals surface area (Å²) in [6.45, 7) is 6.77. The highest BCUT2D eigenvalue weighted by molar-refractivity contribution is 8.23. The van der Waals surface area contributed by atoms with Crippen molar-refractivity contribution < 1.29 is 9.53 Å². The van der Waals surface area contributed by atoms with Crippen molar-refractivity contribution in [3.8, 4) is 0 Å². The molecule has 0 aliphatic carbocycles. The first-order valence-electron chi connectivity index (χ1n) is 9.00. The minimum Gasteiger partial charge on any atom is -0.479 e. The molecular formula is C20H30O2S2. The van der Waals surface area contributed by atoms with Crippen LogP contribution in [0.2, 0.25) is 0 Å². The van der Waals surface area contributed by atoms with Crippen LogP contribution in [-0.4, -0.2) is 22.0 Å². The Balaban J connectivity index is 2.54. The van der Waals surface area contributed by atoms with Gasteiger partial charge in [0, 0.05) is 17.2 Å². The number of ketones is 1. The summed E-state index contributed by atoms with van der Waals surface area (Å²) >= 11 is 6.91. The smallest absolute Gasteiger partial charge is 0.220 e. The fourth-order valence-corrected chi connectivity index (χ4v) is 4.17. The van der Waals surface area contributed by atoms with E-state index in [0.717, 1.165) is 24.0 Å². The van der Waals surface area contributed by atoms with Crippen molar-refractivity contribution in [3.63, 3.8) is 0 Å². The van der Waals surface area contributed by atoms with Crippen LogP contribution in [0.15, 0.2) is 24.3 Å². The molecule has 0 aromatic heterocycles. The highest BCUT2D eigenvalue weighted by atomic mass is 32.2. The molecule has 0 saturated carbocycles. The summed E-state index contributed by atoms with van der Waals surface area (Å²) < 4.78 is 6.03. The maximum atomic E-state index is 12.5. The fourth-order valence-electron chi connectivity index (χ4n) is 2.66. The van der Waals surface area contributed by atoms with E-state index in [9.17, 15) is 4.79 Å². The summed E-state index contributed by atoms with van der Waals surface area (Å²) in [5, 5.41) is 0.369. The number of rotatable bonds is 11. The van der Waals surface area contributed by atoms with E-state index in [4.69, 9.17) is 17.0 Å². The van der Waals surface area contributed by atoms with E-state index in [2.05, 4.69) is 6.92 Å². The highest BCUT2D eigenvalue weighted by Crippen LogP contribution is 2.26. The Morgan fingerprint density at radius 2 is 1.92 bits per heavy atom. The van der Waals surface area contributed by atoms with Crippen LogP contribution in [0.5, 0.6) is 0 Å². The van der Waals surface area contributed by atoms with E-state index in [1.54, 1.807) is 11.8 Å². The molecule has 0 bridgehead atoms. The van der Waals surface area contributed by atoms with Crippen LogP contribution < -0.4 is 0 Å². The minimum absolute atomic E-state index is 0.231. The molecule has 1 aromatic carbocycles. The number of carbonyl (C=O) groups is 1. The quantitative estimate of drug-likeness (QED) is 0.259. The van der Waals surface area contributed by atoms with Gasteiger partial charge in [0.1, 0.15) is 0 Å². The van der Waals surface area contributed by atoms with Crippen LogP contribution in [0.1, 0.15) is 74.7 Å². The first kappa shape index (κ1) is 21.2. The predicted molar refractivity (Wildman–Crippen MR) is 109 cm³/mol. The van der Waals surface area contributed by atoms with Crippen LogP contribution in [0.3, 0.4) is 0 Å². The molecule has 0 spiro atoms. The Kier molecular flexibility index (Phi) is 11.0. The number of hydrogen-bond donors (Lipinski definition) is 0. The van der Waals surface area contributed by atoms with Gasteiger partial charge in [-0.2, -0.15) is 0 Å². The van der Waals surface area contributed by atoms with Crippen LogP contribution in [-0.2, 0) is 4.74 Å². The number of Topliss-reactive ketones (excluding diaryl/α,β-unsaturated/α-hetero) is 1. The van der Waals surface area contributed by atoms with Gasteiger partial charge < -0.3 is 4.74 Å². The Labute approximate surface area is 156 Å². The molecule has 0 N–H and O–H groups in total. The SMILES string of the molecule is CCCCCCC(CCC(=O)c1ccccc1C)SC(=S)OCC. The summed E-state index contributed by atoms with van der Waals surface area (Å²) in [5.74, 6) is 0.231. The Morgan fingerprint density at radius 1 is 1.17 bits per heavy atom. The average Bonchev–Trinajstić information content (AvgIpc) is 2.56. The van der Waals surface area contributed by atoms with Gasteiger partial charge in [-0.05, 0) is 44.5 Å². The van der Waals surface area contributed by atoms with Gasteiger partial charge in [0.25, 0.3) is 0 Å². The van der Waals surface area contributed by atoms with Crippen LogP contribution in [0, 0.1) is 6.92 Å². The summed E-state index contributed by atoms with van der Waals surface area (Å²) in [5.41, 5.74) is 1.90. The number of thiocarbonyl (C=S) groups is 1. The lowest BCUT2D eigenvalue weighted by atomic mass is 9.99. The largest absolute Gasteiger partial charge is 0.479 e. The second-order valence-corrected chi connectivity index (χ2v) is 7.95. The summed E-state index contributed by atoms with van der Waals surface area (Å²) in [4.78, 5) is 12.5. The number of thioether (sulfide) groups is 1. The number of hydrogen-bond acceptors (Lipinski definition) is 4. The van der Waals surface area contributed by atoms with Gasteiger partial charge in [-0.1, -0.05) is 68.6 Å². The molecule has 4 heteroatoms. The second kappa shape index (κ2) is 12.5. The van der Waals surface area contributed by atoms with Crippen molar-refractivity contribution in [2.45, 2.75) is 71.0 Å². The molecule has 0 radical (unpaired) electrons. The lowest BCUT2D eigenvalue weighted by Gasteiger charge is -2.17. The minimum atomic E-state index is 0.231. The van der Waals surface area contributed by atoms with Gasteiger partial charge in [0.2, 0.25) is 4.38 Å². The second-order valence-electron chi connectivity index (χ2n) is 6.05. The lowest BCUT2D eigenvalue weighted by molar-refractivity contribution is 0.0979. The maximum Gasteiger partial charge on any atom is 0.220 e. The van der Waals surface area contributed by atoms with E-state index in [1.165, 1.54) is 25.7 Å². The Hall–Kier alpha value is -0.870. The van der Waals surface area contributed by atoms with Crippen molar-refractivity contribution in [1.29, 1.82) is 0 Å². The Bertz CT molecular complexity index is 514. The van der Waals surface area contributed by atoms with E-state index >= 15 is 0 Å². The van der Waals surface area contributed by atoms with E-state index in [0.29, 0.717) is 22.7 Å². The molecule has 24 heavy (non-hydrogen) atoms. The molecule has 2 nitrogen and oxygen atoms in total. The van der Waals surface area contributed by atoms with Crippen molar-refractivity contribution in [1.82, 2.24) is 0 Å². The topological polar surface area (TPSA) is 26.3 Å². The number of benzene rings is 1. The number of ether oxygens (including phenoxy) is 1. The fraction of sp³-hybridized carbons (Fsp3) is 0.600. The van der Waals surface area contributed by atoms with Crippen LogP contribution in [0.25, 0.3) is 0 Å². The summed E-state index contributed by atoms with van der Waals surface area (Å²) in [7, 11) is 0. The van der Waals surface area contributed by atoms with Gasteiger partial charge >= 0.3 is 0 Å². The summed E-state index contributed by atoms with van der Waals surface area (Å²) in [6.07, 6.45) is 7.48. The first-order chi connectivity index (χ1) is 11.6. The monoisotopic (exact) mass is 366 g/mol. The first-order valence-corrected chi connectivity index (χ1v) is 10.3. The number of unbranched alkanes of at least 4 members (excludes halogenated alkanes) is 3. The molecule has 0 aliphatic rings. The molecular weight excluding hydrogens is 336 g/mol. The zero-order valence-electron chi connectivity index (χ0n) is 15.2. The van der Waals surface area contributed by atoms with Crippen molar-refractivity contribution in [3.05, 3.63) is 35.4 Å². The molecule has 1 rings (SSSR count). The summed E-state index contributed by atoms with van der Waals surface area (Å²) in [6, 6.07) is 7.82. The van der Waals surface area contributed by atoms with Gasteiger partial charge in [0.15, 0.2) is 5.78 Å². The van der Waals surface area contributed by atoms with Gasteiger partial charge in [0.05, 0.1) is 6.61 Å². The molecule has 134 valence electrons. The lowest BCUT2D eigenvalue weighted by Crippen LogP contribution is -2.11. The van der Waals surface area contributed by atoms with Gasteiger partial charge in [-0.3, -0.25) is 4.79 Å². The molecule has 0 saturated heterocycles. The van der Waals surface area contributed by atoms with Crippen LogP contribution in [0.4, 0.5) is 0 Å². The standard InChI is InChI=1S/C20H30O2S2/c1-4-6-7-8-12-17(24-20(23)22-5-2)14-15-19(21)18-13-10-9-11-16(18)3/h9-11,13,17H,4-8,12,14-15H2,1-3H3. The molecule has 0 heterocycles. The van der Waals surface area contributed by atoms with Crippen LogP contribution >= 0.6 is 24.0 Å². The van der Waals surface area contributed by atoms with Crippen molar-refractivity contribution >= 4 is 34.1 Å².